The quantitative estimate of drug-likeness (QED) is 0.413. The van der Waals surface area contributed by atoms with E-state index < -0.39 is 0 Å². The first-order valence-corrected chi connectivity index (χ1v) is 11.4. The lowest BCUT2D eigenvalue weighted by molar-refractivity contribution is -0.114. The molecule has 1 aromatic carbocycles. The Bertz CT molecular complexity index is 1320. The molecule has 2 atom stereocenters. The Morgan fingerprint density at radius 1 is 1.00 bits per heavy atom. The van der Waals surface area contributed by atoms with Crippen molar-refractivity contribution in [1.82, 2.24) is 19.9 Å². The van der Waals surface area contributed by atoms with Gasteiger partial charge in [0.25, 0.3) is 0 Å². The molecule has 5 rings (SSSR count). The second kappa shape index (κ2) is 9.07. The second-order valence-electron chi connectivity index (χ2n) is 8.17. The van der Waals surface area contributed by atoms with E-state index in [-0.39, 0.29) is 18.0 Å². The number of nitrogens with zero attached hydrogens (tertiary/aromatic N) is 4. The summed E-state index contributed by atoms with van der Waals surface area (Å²) in [4.78, 5) is 22.5. The molecule has 1 saturated heterocycles. The number of hydrogen-bond acceptors (Lipinski definition) is 4. The molecule has 4 aromatic rings. The van der Waals surface area contributed by atoms with Gasteiger partial charge in [0, 0.05) is 42.1 Å². The van der Waals surface area contributed by atoms with Crippen molar-refractivity contribution in [3.63, 3.8) is 0 Å². The lowest BCUT2D eigenvalue weighted by Crippen LogP contribution is -2.30. The van der Waals surface area contributed by atoms with Gasteiger partial charge in [0.2, 0.25) is 5.91 Å². The molecule has 0 spiro atoms. The lowest BCUT2D eigenvalue weighted by atomic mass is 10.0. The maximum Gasteiger partial charge on any atom is 0.221 e. The van der Waals surface area contributed by atoms with Crippen molar-refractivity contribution in [3.05, 3.63) is 102 Å². The van der Waals surface area contributed by atoms with Crippen LogP contribution in [0.1, 0.15) is 36.1 Å². The van der Waals surface area contributed by atoms with E-state index in [2.05, 4.69) is 49.1 Å². The number of carbonyl (C=O) groups is 1. The molecule has 34 heavy (non-hydrogen) atoms. The van der Waals surface area contributed by atoms with Crippen LogP contribution < -0.4 is 15.5 Å². The van der Waals surface area contributed by atoms with Crippen LogP contribution in [0.5, 0.6) is 0 Å². The molecule has 1 fully saturated rings. The van der Waals surface area contributed by atoms with Gasteiger partial charge in [-0.1, -0.05) is 6.07 Å². The highest BCUT2D eigenvalue weighted by atomic mass is 32.1. The van der Waals surface area contributed by atoms with E-state index in [1.54, 1.807) is 12.4 Å². The predicted molar refractivity (Wildman–Crippen MR) is 137 cm³/mol. The normalized spacial score (nSPS) is 17.5. The van der Waals surface area contributed by atoms with E-state index in [0.717, 1.165) is 34.1 Å². The number of pyridine rings is 2. The van der Waals surface area contributed by atoms with E-state index in [1.807, 2.05) is 60.8 Å². The third-order valence-corrected chi connectivity index (χ3v) is 6.19. The molecule has 170 valence electrons. The van der Waals surface area contributed by atoms with Crippen LogP contribution in [0.3, 0.4) is 0 Å². The number of nitrogens with one attached hydrogen (secondary N) is 2. The molecule has 0 aliphatic carbocycles. The van der Waals surface area contributed by atoms with Gasteiger partial charge in [-0.15, -0.1) is 0 Å². The highest BCUT2D eigenvalue weighted by Gasteiger charge is 2.42. The summed E-state index contributed by atoms with van der Waals surface area (Å²) in [7, 11) is 0. The van der Waals surface area contributed by atoms with Crippen molar-refractivity contribution in [2.24, 2.45) is 0 Å². The molecule has 1 aliphatic rings. The second-order valence-corrected chi connectivity index (χ2v) is 8.56. The van der Waals surface area contributed by atoms with Gasteiger partial charge in [-0.3, -0.25) is 14.8 Å². The third-order valence-electron chi connectivity index (χ3n) is 5.88. The minimum atomic E-state index is -0.164. The van der Waals surface area contributed by atoms with Crippen molar-refractivity contribution < 1.29 is 4.79 Å². The first-order chi connectivity index (χ1) is 16.5. The number of hydrogen-bond donors (Lipinski definition) is 2. The highest BCUT2D eigenvalue weighted by molar-refractivity contribution is 7.80. The van der Waals surface area contributed by atoms with Crippen LogP contribution in [0.2, 0.25) is 0 Å². The summed E-state index contributed by atoms with van der Waals surface area (Å²) < 4.78 is 2.21. The van der Waals surface area contributed by atoms with Gasteiger partial charge in [-0.25, -0.2) is 0 Å². The fraction of sp³-hybridized carbons (Fsp3) is 0.154. The summed E-state index contributed by atoms with van der Waals surface area (Å²) in [6.07, 6.45) is 5.43. The summed E-state index contributed by atoms with van der Waals surface area (Å²) >= 11 is 5.84. The Kier molecular flexibility index (Phi) is 5.81. The average molecular weight is 469 g/mol. The molecule has 0 radical (unpaired) electrons. The van der Waals surface area contributed by atoms with Crippen molar-refractivity contribution in [1.29, 1.82) is 0 Å². The van der Waals surface area contributed by atoms with Gasteiger partial charge in [-0.2, -0.15) is 0 Å². The lowest BCUT2D eigenvalue weighted by Gasteiger charge is -2.29. The zero-order chi connectivity index (χ0) is 23.7. The number of amides is 1. The van der Waals surface area contributed by atoms with Crippen LogP contribution in [0.15, 0.2) is 85.3 Å². The summed E-state index contributed by atoms with van der Waals surface area (Å²) in [5, 5.41) is 6.93. The van der Waals surface area contributed by atoms with Crippen molar-refractivity contribution in [2.45, 2.75) is 25.9 Å². The van der Waals surface area contributed by atoms with Gasteiger partial charge < -0.3 is 20.1 Å². The van der Waals surface area contributed by atoms with Crippen LogP contribution in [0, 0.1) is 6.92 Å². The standard InChI is InChI=1S/C26H24N6OS/c1-17-8-13-23(31(17)21-6-5-14-27-16-21)25-24(22-7-3-4-15-28-22)30-26(34)32(25)20-11-9-19(10-12-20)29-18(2)33/h3-16,24-25H,1-2H3,(H,29,33)(H,30,34)/t24-,25-/m0/s1. The molecule has 7 nitrogen and oxygen atoms in total. The topological polar surface area (TPSA) is 75.1 Å². The number of aromatic nitrogens is 3. The molecule has 0 bridgehead atoms. The maximum atomic E-state index is 11.5. The number of carbonyl (C=O) groups excluding carboxylic acids is 1. The molecular weight excluding hydrogens is 444 g/mol. The van der Waals surface area contributed by atoms with Gasteiger partial charge in [0.15, 0.2) is 5.11 Å². The highest BCUT2D eigenvalue weighted by Crippen LogP contribution is 2.42. The van der Waals surface area contributed by atoms with Gasteiger partial charge >= 0.3 is 0 Å². The molecule has 1 amide bonds. The Hall–Kier alpha value is -4.04. The smallest absolute Gasteiger partial charge is 0.221 e. The van der Waals surface area contributed by atoms with E-state index >= 15 is 0 Å². The first-order valence-electron chi connectivity index (χ1n) is 11.0. The van der Waals surface area contributed by atoms with E-state index in [0.29, 0.717) is 5.11 Å². The van der Waals surface area contributed by atoms with Gasteiger partial charge in [0.1, 0.15) is 6.04 Å². The summed E-state index contributed by atoms with van der Waals surface area (Å²) in [6.45, 7) is 3.58. The molecule has 1 aliphatic heterocycles. The SMILES string of the molecule is CC(=O)Nc1ccc(N2C(=S)N[C@@H](c3ccccn3)[C@@H]2c2ccc(C)n2-c2cccnc2)cc1. The minimum Gasteiger partial charge on any atom is -0.351 e. The number of thiocarbonyl (C=S) groups is 1. The Morgan fingerprint density at radius 2 is 1.82 bits per heavy atom. The predicted octanol–water partition coefficient (Wildman–Crippen LogP) is 4.71. The molecule has 2 N–H and O–H groups in total. The maximum absolute atomic E-state index is 11.5. The van der Waals surface area contributed by atoms with Crippen molar-refractivity contribution in [2.75, 3.05) is 10.2 Å². The molecule has 3 aromatic heterocycles. The van der Waals surface area contributed by atoms with E-state index in [9.17, 15) is 4.79 Å². The third kappa shape index (κ3) is 4.04. The van der Waals surface area contributed by atoms with Gasteiger partial charge in [0.05, 0.1) is 23.6 Å². The van der Waals surface area contributed by atoms with Crippen LogP contribution in [-0.2, 0) is 4.79 Å². The van der Waals surface area contributed by atoms with Crippen LogP contribution in [-0.4, -0.2) is 25.6 Å². The summed E-state index contributed by atoms with van der Waals surface area (Å²) in [5.74, 6) is -0.107. The number of aryl methyl sites for hydroxylation is 1. The van der Waals surface area contributed by atoms with Crippen molar-refractivity contribution in [3.8, 4) is 5.69 Å². The van der Waals surface area contributed by atoms with Crippen LogP contribution >= 0.6 is 12.2 Å². The molecular formula is C26H24N6OS. The minimum absolute atomic E-state index is 0.107. The molecule has 0 saturated carbocycles. The Labute approximate surface area is 203 Å². The molecule has 8 heteroatoms. The summed E-state index contributed by atoms with van der Waals surface area (Å²) in [6, 6.07) is 21.5. The number of anilines is 2. The van der Waals surface area contributed by atoms with Crippen molar-refractivity contribution >= 4 is 34.6 Å². The van der Waals surface area contributed by atoms with Crippen LogP contribution in [0.4, 0.5) is 11.4 Å². The number of rotatable bonds is 5. The fourth-order valence-electron chi connectivity index (χ4n) is 4.47. The van der Waals surface area contributed by atoms with E-state index in [1.165, 1.54) is 6.92 Å². The van der Waals surface area contributed by atoms with Crippen LogP contribution in [0.25, 0.3) is 5.69 Å². The monoisotopic (exact) mass is 468 g/mol. The zero-order valence-corrected chi connectivity index (χ0v) is 19.7. The Morgan fingerprint density at radius 3 is 2.50 bits per heavy atom. The molecule has 4 heterocycles. The fourth-order valence-corrected chi connectivity index (χ4v) is 4.82. The number of benzene rings is 1. The summed E-state index contributed by atoms with van der Waals surface area (Å²) in [5.41, 5.74) is 5.72. The van der Waals surface area contributed by atoms with E-state index in [4.69, 9.17) is 12.2 Å². The average Bonchev–Trinajstić information content (AvgIpc) is 3.39. The Balaban J connectivity index is 1.64. The first kappa shape index (κ1) is 21.8. The van der Waals surface area contributed by atoms with Gasteiger partial charge in [-0.05, 0) is 79.8 Å². The molecule has 0 unspecified atom stereocenters. The largest absolute Gasteiger partial charge is 0.351 e. The zero-order valence-electron chi connectivity index (χ0n) is 18.8.